The van der Waals surface area contributed by atoms with E-state index in [1.54, 1.807) is 0 Å². The number of rotatable bonds is 3. The molecule has 0 aliphatic heterocycles. The van der Waals surface area contributed by atoms with Crippen molar-refractivity contribution in [2.75, 3.05) is 5.32 Å². The Morgan fingerprint density at radius 3 is 2.62 bits per heavy atom. The number of ketones is 1. The Morgan fingerprint density at radius 2 is 1.92 bits per heavy atom. The Kier molecular flexibility index (Phi) is 5.04. The Balaban J connectivity index is 1.77. The fraction of sp³-hybridized carbons (Fsp3) is 0.389. The third kappa shape index (κ3) is 3.70. The van der Waals surface area contributed by atoms with E-state index in [2.05, 4.69) is 10.3 Å². The number of thiazole rings is 1. The number of anilines is 1. The van der Waals surface area contributed by atoms with Crippen LogP contribution in [0.1, 0.15) is 63.9 Å². The monoisotopic (exact) mass is 346 g/mol. The number of halogens is 1. The minimum absolute atomic E-state index is 0.0809. The number of carbonyl (C=O) groups excluding carboxylic acids is 2. The molecular formula is C18H19FN2O2S. The molecule has 0 saturated carbocycles. The molecule has 0 spiro atoms. The summed E-state index contributed by atoms with van der Waals surface area (Å²) in [6.45, 7) is 1.36. The summed E-state index contributed by atoms with van der Waals surface area (Å²) in [4.78, 5) is 29.3. The van der Waals surface area contributed by atoms with Crippen LogP contribution in [0.15, 0.2) is 18.2 Å². The first-order chi connectivity index (χ1) is 11.5. The molecule has 4 nitrogen and oxygen atoms in total. The largest absolute Gasteiger partial charge is 0.298 e. The van der Waals surface area contributed by atoms with E-state index >= 15 is 0 Å². The summed E-state index contributed by atoms with van der Waals surface area (Å²) in [5.41, 5.74) is 1.23. The zero-order valence-corrected chi connectivity index (χ0v) is 14.3. The molecule has 126 valence electrons. The van der Waals surface area contributed by atoms with Crippen molar-refractivity contribution in [1.29, 1.82) is 0 Å². The number of aromatic nitrogens is 1. The smallest absolute Gasteiger partial charge is 0.260 e. The molecule has 0 bridgehead atoms. The molecule has 2 aromatic rings. The molecule has 1 aliphatic rings. The maximum absolute atomic E-state index is 14.1. The van der Waals surface area contributed by atoms with Crippen LogP contribution in [0.3, 0.4) is 0 Å². The number of benzene rings is 1. The van der Waals surface area contributed by atoms with Crippen molar-refractivity contribution < 1.29 is 14.0 Å². The lowest BCUT2D eigenvalue weighted by Gasteiger charge is -2.06. The van der Waals surface area contributed by atoms with Crippen LogP contribution in [0, 0.1) is 5.82 Å². The van der Waals surface area contributed by atoms with Gasteiger partial charge in [0.2, 0.25) is 0 Å². The first-order valence-corrected chi connectivity index (χ1v) is 8.96. The van der Waals surface area contributed by atoms with Crippen LogP contribution in [0.5, 0.6) is 0 Å². The third-order valence-electron chi connectivity index (χ3n) is 4.19. The zero-order chi connectivity index (χ0) is 17.1. The highest BCUT2D eigenvalue weighted by molar-refractivity contribution is 7.15. The van der Waals surface area contributed by atoms with E-state index in [1.165, 1.54) is 48.1 Å². The third-order valence-corrected chi connectivity index (χ3v) is 5.26. The number of hydrogen-bond acceptors (Lipinski definition) is 4. The molecule has 1 aliphatic carbocycles. The summed E-state index contributed by atoms with van der Waals surface area (Å²) in [5.74, 6) is -1.47. The van der Waals surface area contributed by atoms with Gasteiger partial charge in [0.1, 0.15) is 5.82 Å². The fourth-order valence-corrected chi connectivity index (χ4v) is 3.89. The number of carbonyl (C=O) groups is 2. The predicted molar refractivity (Wildman–Crippen MR) is 92.3 cm³/mol. The molecule has 0 saturated heterocycles. The average Bonchev–Trinajstić information content (AvgIpc) is 2.88. The van der Waals surface area contributed by atoms with Crippen LogP contribution in [0.2, 0.25) is 0 Å². The van der Waals surface area contributed by atoms with Crippen molar-refractivity contribution >= 4 is 28.2 Å². The molecule has 0 fully saturated rings. The average molecular weight is 346 g/mol. The fourth-order valence-electron chi connectivity index (χ4n) is 2.84. The summed E-state index contributed by atoms with van der Waals surface area (Å²) >= 11 is 1.48. The van der Waals surface area contributed by atoms with Gasteiger partial charge in [-0.2, -0.15) is 0 Å². The van der Waals surface area contributed by atoms with Gasteiger partial charge in [0.15, 0.2) is 10.9 Å². The number of nitrogens with zero attached hydrogens (tertiary/aromatic N) is 1. The van der Waals surface area contributed by atoms with E-state index in [0.717, 1.165) is 37.4 Å². The first kappa shape index (κ1) is 16.8. The first-order valence-electron chi connectivity index (χ1n) is 8.15. The van der Waals surface area contributed by atoms with Crippen molar-refractivity contribution in [3.05, 3.63) is 45.7 Å². The lowest BCUT2D eigenvalue weighted by atomic mass is 10.0. The minimum Gasteiger partial charge on any atom is -0.298 e. The normalized spacial score (nSPS) is 14.4. The quantitative estimate of drug-likeness (QED) is 0.838. The van der Waals surface area contributed by atoms with Crippen LogP contribution in [0.25, 0.3) is 0 Å². The highest BCUT2D eigenvalue weighted by atomic mass is 32.1. The van der Waals surface area contributed by atoms with E-state index in [4.69, 9.17) is 0 Å². The van der Waals surface area contributed by atoms with Gasteiger partial charge in [-0.1, -0.05) is 18.9 Å². The summed E-state index contributed by atoms with van der Waals surface area (Å²) in [7, 11) is 0. The van der Waals surface area contributed by atoms with Gasteiger partial charge in [-0.3, -0.25) is 14.9 Å². The molecule has 1 N–H and O–H groups in total. The van der Waals surface area contributed by atoms with Gasteiger partial charge in [-0.25, -0.2) is 9.37 Å². The summed E-state index contributed by atoms with van der Waals surface area (Å²) in [6, 6.07) is 3.89. The van der Waals surface area contributed by atoms with E-state index < -0.39 is 11.7 Å². The predicted octanol–water partition coefficient (Wildman–Crippen LogP) is 4.40. The summed E-state index contributed by atoms with van der Waals surface area (Å²) in [5, 5.41) is 3.20. The zero-order valence-electron chi connectivity index (χ0n) is 13.5. The topological polar surface area (TPSA) is 59.1 Å². The minimum atomic E-state index is -0.699. The maximum Gasteiger partial charge on any atom is 0.260 e. The van der Waals surface area contributed by atoms with Gasteiger partial charge in [0.05, 0.1) is 11.3 Å². The number of nitrogens with one attached hydrogen (secondary N) is 1. The Hall–Kier alpha value is -2.08. The molecule has 6 heteroatoms. The van der Waals surface area contributed by atoms with Crippen LogP contribution in [-0.2, 0) is 12.8 Å². The van der Waals surface area contributed by atoms with E-state index in [9.17, 15) is 14.0 Å². The molecular weight excluding hydrogens is 327 g/mol. The molecule has 1 heterocycles. The van der Waals surface area contributed by atoms with E-state index in [-0.39, 0.29) is 16.9 Å². The van der Waals surface area contributed by atoms with Crippen LogP contribution in [0.4, 0.5) is 9.52 Å². The van der Waals surface area contributed by atoms with Gasteiger partial charge in [0.25, 0.3) is 5.91 Å². The van der Waals surface area contributed by atoms with Crippen molar-refractivity contribution in [1.82, 2.24) is 4.98 Å². The number of hydrogen-bond donors (Lipinski definition) is 1. The number of fused-ring (bicyclic) bond motifs is 1. The Labute approximate surface area is 144 Å². The molecule has 3 rings (SSSR count). The van der Waals surface area contributed by atoms with Gasteiger partial charge in [0, 0.05) is 10.4 Å². The van der Waals surface area contributed by atoms with Crippen LogP contribution >= 0.6 is 11.3 Å². The van der Waals surface area contributed by atoms with Crippen LogP contribution < -0.4 is 5.32 Å². The standard InChI is InChI=1S/C18H19FN2O2S/c1-11(22)12-8-9-13(14(19)10-12)17(23)21-18-20-15-6-4-2-3-5-7-16(15)24-18/h8-10H,2-7H2,1H3,(H,20,21,23). The molecule has 1 amide bonds. The second kappa shape index (κ2) is 7.21. The lowest BCUT2D eigenvalue weighted by molar-refractivity contribution is 0.100. The van der Waals surface area contributed by atoms with Crippen molar-refractivity contribution in [3.63, 3.8) is 0 Å². The highest BCUT2D eigenvalue weighted by Crippen LogP contribution is 2.29. The molecule has 0 atom stereocenters. The van der Waals surface area contributed by atoms with E-state index in [0.29, 0.717) is 5.13 Å². The van der Waals surface area contributed by atoms with Gasteiger partial charge < -0.3 is 0 Å². The number of amides is 1. The lowest BCUT2D eigenvalue weighted by Crippen LogP contribution is -2.14. The summed E-state index contributed by atoms with van der Waals surface area (Å²) in [6.07, 6.45) is 6.63. The number of aryl methyl sites for hydroxylation is 2. The molecule has 1 aromatic carbocycles. The number of Topliss-reactive ketones (excluding diaryl/α,β-unsaturated/α-hetero) is 1. The van der Waals surface area contributed by atoms with Crippen molar-refractivity contribution in [2.24, 2.45) is 0 Å². The Morgan fingerprint density at radius 1 is 1.17 bits per heavy atom. The second-order valence-corrected chi connectivity index (χ2v) is 7.09. The Bertz CT molecular complexity index is 760. The van der Waals surface area contributed by atoms with Crippen molar-refractivity contribution in [3.8, 4) is 0 Å². The molecule has 0 radical (unpaired) electrons. The summed E-state index contributed by atoms with van der Waals surface area (Å²) < 4.78 is 14.1. The highest BCUT2D eigenvalue weighted by Gasteiger charge is 2.18. The van der Waals surface area contributed by atoms with Crippen molar-refractivity contribution in [2.45, 2.75) is 45.4 Å². The molecule has 0 unspecified atom stereocenters. The van der Waals surface area contributed by atoms with E-state index in [1.807, 2.05) is 0 Å². The SMILES string of the molecule is CC(=O)c1ccc(C(=O)Nc2nc3c(s2)CCCCCC3)c(F)c1. The van der Waals surface area contributed by atoms with Gasteiger partial charge in [-0.15, -0.1) is 11.3 Å². The maximum atomic E-state index is 14.1. The van der Waals surface area contributed by atoms with Gasteiger partial charge in [-0.05, 0) is 44.7 Å². The second-order valence-electron chi connectivity index (χ2n) is 6.01. The van der Waals surface area contributed by atoms with Crippen LogP contribution in [-0.4, -0.2) is 16.7 Å². The molecule has 24 heavy (non-hydrogen) atoms. The van der Waals surface area contributed by atoms with Gasteiger partial charge >= 0.3 is 0 Å². The molecule has 1 aromatic heterocycles.